The molecule has 1 aromatic carbocycles. The van der Waals surface area contributed by atoms with Crippen molar-refractivity contribution in [1.29, 1.82) is 0 Å². The number of nitrogens with zero attached hydrogens (tertiary/aromatic N) is 4. The van der Waals surface area contributed by atoms with Crippen molar-refractivity contribution in [2.45, 2.75) is 51.0 Å². The first kappa shape index (κ1) is 24.6. The van der Waals surface area contributed by atoms with Gasteiger partial charge in [-0.2, -0.15) is 14.7 Å². The third-order valence-corrected chi connectivity index (χ3v) is 7.07. The normalized spacial score (nSPS) is 10.6. The highest BCUT2D eigenvalue weighted by atomic mass is 32.2. The maximum Gasteiger partial charge on any atom is 0.373 e. The summed E-state index contributed by atoms with van der Waals surface area (Å²) in [6.07, 6.45) is 2.34. The van der Waals surface area contributed by atoms with E-state index in [9.17, 15) is 0 Å². The maximum atomic E-state index is 8.12. The Bertz CT molecular complexity index is 1280. The Morgan fingerprint density at radius 3 is 2.21 bits per heavy atom. The molecule has 0 saturated carbocycles. The zero-order valence-electron chi connectivity index (χ0n) is 19.5. The molecule has 170 valence electrons. The highest BCUT2D eigenvalue weighted by molar-refractivity contribution is 8.01. The molecule has 0 unspecified atom stereocenters. The molecule has 4 aromatic rings. The number of thioether (sulfide) groups is 1. The first-order valence-corrected chi connectivity index (χ1v) is 12.2. The SMILES string of the molecule is Cc1cc(-c2cn(-c3nc(-c4ccccc4C)c(SC(C)C)s3)nc2C)cc(C)n1.O=C=O. The van der Waals surface area contributed by atoms with Crippen LogP contribution in [0.1, 0.15) is 36.5 Å². The third-order valence-electron chi connectivity index (χ3n) is 4.82. The van der Waals surface area contributed by atoms with Crippen LogP contribution < -0.4 is 0 Å². The molecule has 0 spiro atoms. The first-order chi connectivity index (χ1) is 15.7. The summed E-state index contributed by atoms with van der Waals surface area (Å²) in [5, 5.41) is 6.18. The summed E-state index contributed by atoms with van der Waals surface area (Å²) >= 11 is 3.57. The molecule has 0 aliphatic rings. The van der Waals surface area contributed by atoms with E-state index in [1.807, 2.05) is 30.3 Å². The van der Waals surface area contributed by atoms with E-state index >= 15 is 0 Å². The predicted octanol–water partition coefficient (Wildman–Crippen LogP) is 6.21. The van der Waals surface area contributed by atoms with Gasteiger partial charge in [0.2, 0.25) is 5.13 Å². The maximum absolute atomic E-state index is 8.12. The summed E-state index contributed by atoms with van der Waals surface area (Å²) in [4.78, 5) is 25.8. The molecule has 0 atom stereocenters. The summed E-state index contributed by atoms with van der Waals surface area (Å²) < 4.78 is 3.16. The third kappa shape index (κ3) is 5.85. The second kappa shape index (κ2) is 10.7. The molecule has 3 aromatic heterocycles. The second-order valence-corrected chi connectivity index (χ2v) is 10.7. The van der Waals surface area contributed by atoms with Crippen LogP contribution in [-0.4, -0.2) is 31.1 Å². The van der Waals surface area contributed by atoms with E-state index in [1.165, 1.54) is 15.3 Å². The van der Waals surface area contributed by atoms with Crippen molar-refractivity contribution in [3.63, 3.8) is 0 Å². The molecular formula is C25H26N4O2S2. The minimum atomic E-state index is 0.250. The van der Waals surface area contributed by atoms with Gasteiger partial charge in [-0.15, -0.1) is 11.8 Å². The molecule has 33 heavy (non-hydrogen) atoms. The Balaban J connectivity index is 0.000000968. The van der Waals surface area contributed by atoms with E-state index in [0.29, 0.717) is 5.25 Å². The van der Waals surface area contributed by atoms with E-state index in [4.69, 9.17) is 19.7 Å². The number of hydrogen-bond donors (Lipinski definition) is 0. The molecule has 0 amide bonds. The van der Waals surface area contributed by atoms with Crippen LogP contribution in [0.4, 0.5) is 0 Å². The largest absolute Gasteiger partial charge is 0.373 e. The summed E-state index contributed by atoms with van der Waals surface area (Å²) in [6, 6.07) is 12.7. The minimum Gasteiger partial charge on any atom is -0.258 e. The van der Waals surface area contributed by atoms with Crippen LogP contribution in [0.3, 0.4) is 0 Å². The van der Waals surface area contributed by atoms with Gasteiger partial charge in [-0.1, -0.05) is 49.4 Å². The summed E-state index contributed by atoms with van der Waals surface area (Å²) in [5.41, 5.74) is 8.77. The van der Waals surface area contributed by atoms with E-state index in [0.717, 1.165) is 39.0 Å². The van der Waals surface area contributed by atoms with E-state index in [1.54, 1.807) is 11.3 Å². The summed E-state index contributed by atoms with van der Waals surface area (Å²) in [5.74, 6) is 0. The summed E-state index contributed by atoms with van der Waals surface area (Å²) in [6.45, 7) is 12.7. The number of thiazole rings is 1. The van der Waals surface area contributed by atoms with Crippen LogP contribution in [0.2, 0.25) is 0 Å². The van der Waals surface area contributed by atoms with Gasteiger partial charge in [0.05, 0.1) is 15.6 Å². The molecule has 6 nitrogen and oxygen atoms in total. The molecule has 0 fully saturated rings. The highest BCUT2D eigenvalue weighted by Crippen LogP contribution is 2.40. The molecule has 8 heteroatoms. The average Bonchev–Trinajstić information content (AvgIpc) is 3.31. The lowest BCUT2D eigenvalue weighted by atomic mass is 10.1. The molecule has 0 N–H and O–H groups in total. The number of pyridine rings is 1. The van der Waals surface area contributed by atoms with Crippen molar-refractivity contribution in [1.82, 2.24) is 19.7 Å². The number of aromatic nitrogens is 4. The minimum absolute atomic E-state index is 0.250. The smallest absolute Gasteiger partial charge is 0.258 e. The van der Waals surface area contributed by atoms with Gasteiger partial charge in [0.15, 0.2) is 0 Å². The van der Waals surface area contributed by atoms with Gasteiger partial charge >= 0.3 is 6.15 Å². The molecule has 0 saturated heterocycles. The standard InChI is InChI=1S/C24H26N4S2.CO2/c1-14(2)29-23-22(20-10-8-7-9-15(20)3)26-24(30-23)28-13-21(18(6)27-28)19-11-16(4)25-17(5)12-19;2-1-3/h7-14H,1-6H3;. The van der Waals surface area contributed by atoms with Crippen molar-refractivity contribution >= 4 is 29.3 Å². The Labute approximate surface area is 202 Å². The second-order valence-electron chi connectivity index (χ2n) is 7.91. The number of hydrogen-bond acceptors (Lipinski definition) is 7. The molecule has 0 radical (unpaired) electrons. The van der Waals surface area contributed by atoms with Crippen LogP contribution in [0.15, 0.2) is 46.8 Å². The van der Waals surface area contributed by atoms with Crippen LogP contribution in [0.5, 0.6) is 0 Å². The lowest BCUT2D eigenvalue weighted by Gasteiger charge is -2.06. The molecule has 0 aliphatic heterocycles. The molecule has 0 aliphatic carbocycles. The van der Waals surface area contributed by atoms with Crippen molar-refractivity contribution in [2.75, 3.05) is 0 Å². The van der Waals surface area contributed by atoms with Gasteiger partial charge in [0, 0.05) is 34.0 Å². The van der Waals surface area contributed by atoms with Gasteiger partial charge in [-0.3, -0.25) is 4.98 Å². The Morgan fingerprint density at radius 1 is 0.970 bits per heavy atom. The zero-order valence-corrected chi connectivity index (χ0v) is 21.2. The van der Waals surface area contributed by atoms with Gasteiger partial charge in [-0.05, 0) is 51.0 Å². The fourth-order valence-electron chi connectivity index (χ4n) is 3.53. The Hall–Kier alpha value is -3.06. The quantitative estimate of drug-likeness (QED) is 0.317. The van der Waals surface area contributed by atoms with Crippen molar-refractivity contribution in [2.24, 2.45) is 0 Å². The Morgan fingerprint density at radius 2 is 1.61 bits per heavy atom. The number of aryl methyl sites for hydroxylation is 4. The van der Waals surface area contributed by atoms with Crippen LogP contribution in [0, 0.1) is 27.7 Å². The molecule has 0 bridgehead atoms. The molecule has 4 rings (SSSR count). The molecule has 3 heterocycles. The average molecular weight is 479 g/mol. The fraction of sp³-hybridized carbons (Fsp3) is 0.280. The van der Waals surface area contributed by atoms with Crippen LogP contribution in [0.25, 0.3) is 27.5 Å². The van der Waals surface area contributed by atoms with Crippen LogP contribution >= 0.6 is 23.1 Å². The first-order valence-electron chi connectivity index (χ1n) is 10.5. The summed E-state index contributed by atoms with van der Waals surface area (Å²) in [7, 11) is 0. The van der Waals surface area contributed by atoms with Gasteiger partial charge in [0.1, 0.15) is 0 Å². The van der Waals surface area contributed by atoms with E-state index < -0.39 is 0 Å². The lowest BCUT2D eigenvalue weighted by molar-refractivity contribution is -0.191. The van der Waals surface area contributed by atoms with E-state index in [-0.39, 0.29) is 6.15 Å². The highest BCUT2D eigenvalue weighted by Gasteiger charge is 2.19. The number of benzene rings is 1. The number of carbonyl (C=O) groups excluding carboxylic acids is 2. The van der Waals surface area contributed by atoms with Crippen molar-refractivity contribution in [3.05, 3.63) is 65.2 Å². The monoisotopic (exact) mass is 478 g/mol. The van der Waals surface area contributed by atoms with Crippen molar-refractivity contribution in [3.8, 4) is 27.5 Å². The van der Waals surface area contributed by atoms with Gasteiger partial charge in [0.25, 0.3) is 0 Å². The van der Waals surface area contributed by atoms with Gasteiger partial charge in [-0.25, -0.2) is 9.67 Å². The van der Waals surface area contributed by atoms with E-state index in [2.05, 4.69) is 75.3 Å². The predicted molar refractivity (Wildman–Crippen MR) is 133 cm³/mol. The Kier molecular flexibility index (Phi) is 7.97. The van der Waals surface area contributed by atoms with Crippen molar-refractivity contribution < 1.29 is 9.59 Å². The zero-order chi connectivity index (χ0) is 24.1. The fourth-order valence-corrected chi connectivity index (χ4v) is 5.96. The lowest BCUT2D eigenvalue weighted by Crippen LogP contribution is -1.94. The van der Waals surface area contributed by atoms with Gasteiger partial charge < -0.3 is 0 Å². The molecular weight excluding hydrogens is 452 g/mol. The number of rotatable bonds is 5. The topological polar surface area (TPSA) is 77.7 Å². The van der Waals surface area contributed by atoms with Crippen LogP contribution in [-0.2, 0) is 9.59 Å².